The van der Waals surface area contributed by atoms with Crippen LogP contribution in [-0.2, 0) is 11.0 Å². The van der Waals surface area contributed by atoms with Crippen LogP contribution in [-0.4, -0.2) is 34.5 Å². The maximum absolute atomic E-state index is 12.4. The third-order valence-corrected chi connectivity index (χ3v) is 7.14. The summed E-state index contributed by atoms with van der Waals surface area (Å²) >= 11 is 0. The Bertz CT molecular complexity index is 746. The fourth-order valence-electron chi connectivity index (χ4n) is 2.13. The number of hydrogen-bond donors (Lipinski definition) is 1. The predicted molar refractivity (Wildman–Crippen MR) is 85.9 cm³/mol. The van der Waals surface area contributed by atoms with Gasteiger partial charge in [-0.1, -0.05) is 32.0 Å². The quantitative estimate of drug-likeness (QED) is 0.871. The van der Waals surface area contributed by atoms with Gasteiger partial charge in [-0.2, -0.15) is 0 Å². The van der Waals surface area contributed by atoms with Gasteiger partial charge in [-0.3, -0.25) is 4.98 Å². The summed E-state index contributed by atoms with van der Waals surface area (Å²) in [6.45, 7) is 7.38. The summed E-state index contributed by atoms with van der Waals surface area (Å²) in [5.41, 5.74) is 1.57. The molecule has 0 aliphatic heterocycles. The molecular weight excluding hydrogens is 285 g/mol. The topological polar surface area (TPSA) is 67.3 Å². The minimum Gasteiger partial charge on any atom is -0.478 e. The summed E-state index contributed by atoms with van der Waals surface area (Å²) < 4.78 is 12.4. The highest BCUT2D eigenvalue weighted by molar-refractivity contribution is 7.63. The Hall–Kier alpha value is -1.67. The Morgan fingerprint density at radius 3 is 2.48 bits per heavy atom. The van der Waals surface area contributed by atoms with Crippen molar-refractivity contribution in [2.45, 2.75) is 25.4 Å². The van der Waals surface area contributed by atoms with E-state index < -0.39 is 18.3 Å². The van der Waals surface area contributed by atoms with Crippen molar-refractivity contribution in [3.05, 3.63) is 41.6 Å². The molecule has 0 atom stereocenters. The van der Waals surface area contributed by atoms with Gasteiger partial charge in [0.05, 0.1) is 18.2 Å². The van der Waals surface area contributed by atoms with Crippen molar-refractivity contribution < 1.29 is 14.5 Å². The largest absolute Gasteiger partial charge is 0.478 e. The molecule has 0 radical (unpaired) electrons. The first-order valence-electron chi connectivity index (χ1n) is 6.79. The van der Waals surface area contributed by atoms with Gasteiger partial charge >= 0.3 is 5.97 Å². The van der Waals surface area contributed by atoms with Gasteiger partial charge in [0.25, 0.3) is 0 Å². The molecule has 0 amide bonds. The molecule has 0 spiro atoms. The fourth-order valence-corrected chi connectivity index (χ4v) is 2.67. The second-order valence-corrected chi connectivity index (χ2v) is 10.2. The van der Waals surface area contributed by atoms with Gasteiger partial charge in [0, 0.05) is 22.7 Å². The average Bonchev–Trinajstić information content (AvgIpc) is 2.35. The fraction of sp³-hybridized carbons (Fsp3) is 0.375. The molecule has 1 heterocycles. The lowest BCUT2D eigenvalue weighted by Crippen LogP contribution is -2.23. The van der Waals surface area contributed by atoms with E-state index in [0.29, 0.717) is 23.0 Å². The average molecular weight is 305 g/mol. The molecule has 0 fully saturated rings. The van der Waals surface area contributed by atoms with E-state index in [-0.39, 0.29) is 5.56 Å². The second kappa shape index (κ2) is 5.27. The highest BCUT2D eigenvalue weighted by Crippen LogP contribution is 2.52. The van der Waals surface area contributed by atoms with Gasteiger partial charge in [-0.05, 0) is 25.5 Å². The molecule has 21 heavy (non-hydrogen) atoms. The molecule has 112 valence electrons. The van der Waals surface area contributed by atoms with Crippen LogP contribution in [0.15, 0.2) is 30.3 Å². The van der Waals surface area contributed by atoms with Crippen LogP contribution in [0.5, 0.6) is 0 Å². The highest BCUT2D eigenvalue weighted by atomic mass is 31.2. The lowest BCUT2D eigenvalue weighted by molar-refractivity contribution is 0.0699. The molecule has 0 saturated carbocycles. The number of hydrogen-bond acceptors (Lipinski definition) is 3. The Morgan fingerprint density at radius 1 is 1.29 bits per heavy atom. The van der Waals surface area contributed by atoms with E-state index in [1.807, 2.05) is 19.9 Å². The number of pyridine rings is 1. The van der Waals surface area contributed by atoms with E-state index >= 15 is 0 Å². The summed E-state index contributed by atoms with van der Waals surface area (Å²) in [6, 6.07) is 8.79. The molecule has 1 N–H and O–H groups in total. The summed E-state index contributed by atoms with van der Waals surface area (Å²) in [5, 5.41) is 9.59. The second-order valence-electron chi connectivity index (χ2n) is 6.32. The van der Waals surface area contributed by atoms with E-state index in [0.717, 1.165) is 0 Å². The first-order valence-corrected chi connectivity index (χ1v) is 9.39. The van der Waals surface area contributed by atoms with Gasteiger partial charge in [0.1, 0.15) is 0 Å². The van der Waals surface area contributed by atoms with Crippen molar-refractivity contribution in [2.24, 2.45) is 0 Å². The molecule has 0 unspecified atom stereocenters. The van der Waals surface area contributed by atoms with Crippen molar-refractivity contribution in [3.63, 3.8) is 0 Å². The molecule has 1 aromatic carbocycles. The number of aromatic carboxylic acids is 1. The van der Waals surface area contributed by atoms with Crippen molar-refractivity contribution in [3.8, 4) is 0 Å². The zero-order valence-electron chi connectivity index (χ0n) is 12.8. The third-order valence-electron chi connectivity index (χ3n) is 4.07. The van der Waals surface area contributed by atoms with Crippen LogP contribution in [0.3, 0.4) is 0 Å². The standard InChI is InChI=1S/C16H20NO3P/c1-16(2,21(3,4)20)10-11-9-13(15(18)19)12-7-5-6-8-14(12)17-11/h5-9H,10H2,1-4H3,(H,18,19). The van der Waals surface area contributed by atoms with Gasteiger partial charge in [-0.15, -0.1) is 0 Å². The first-order chi connectivity index (χ1) is 9.62. The number of carboxylic acids is 1. The van der Waals surface area contributed by atoms with Crippen molar-refractivity contribution in [1.82, 2.24) is 4.98 Å². The van der Waals surface area contributed by atoms with Crippen LogP contribution in [0.4, 0.5) is 0 Å². The summed E-state index contributed by atoms with van der Waals surface area (Å²) in [4.78, 5) is 16.0. The van der Waals surface area contributed by atoms with Crippen LogP contribution in [0.2, 0.25) is 0 Å². The minimum atomic E-state index is -2.32. The SMILES string of the molecule is CC(C)(Cc1cc(C(=O)O)c2ccccc2n1)P(C)(C)=O. The van der Waals surface area contributed by atoms with Gasteiger partial charge in [0.2, 0.25) is 0 Å². The van der Waals surface area contributed by atoms with Crippen LogP contribution < -0.4 is 0 Å². The highest BCUT2D eigenvalue weighted by Gasteiger charge is 2.32. The van der Waals surface area contributed by atoms with Crippen LogP contribution in [0, 0.1) is 0 Å². The molecule has 0 aliphatic rings. The van der Waals surface area contributed by atoms with E-state index in [9.17, 15) is 14.5 Å². The molecule has 1 aromatic heterocycles. The van der Waals surface area contributed by atoms with Crippen molar-refractivity contribution in [1.29, 1.82) is 0 Å². The molecular formula is C16H20NO3P. The van der Waals surface area contributed by atoms with Gasteiger partial charge < -0.3 is 9.67 Å². The Balaban J connectivity index is 2.56. The van der Waals surface area contributed by atoms with Crippen molar-refractivity contribution >= 4 is 24.0 Å². The van der Waals surface area contributed by atoms with Crippen molar-refractivity contribution in [2.75, 3.05) is 13.3 Å². The van der Waals surface area contributed by atoms with Crippen LogP contribution >= 0.6 is 7.14 Å². The van der Waals surface area contributed by atoms with E-state index in [1.54, 1.807) is 37.6 Å². The van der Waals surface area contributed by atoms with E-state index in [1.165, 1.54) is 0 Å². The first kappa shape index (κ1) is 15.7. The molecule has 2 rings (SSSR count). The van der Waals surface area contributed by atoms with Crippen LogP contribution in [0.1, 0.15) is 29.9 Å². The number of carboxylic acid groups (broad SMARTS) is 1. The molecule has 4 nitrogen and oxygen atoms in total. The number of nitrogens with zero attached hydrogens (tertiary/aromatic N) is 1. The van der Waals surface area contributed by atoms with Crippen LogP contribution in [0.25, 0.3) is 10.9 Å². The van der Waals surface area contributed by atoms with Gasteiger partial charge in [0.15, 0.2) is 0 Å². The Labute approximate surface area is 124 Å². The minimum absolute atomic E-state index is 0.244. The number of fused-ring (bicyclic) bond motifs is 1. The smallest absolute Gasteiger partial charge is 0.336 e. The third kappa shape index (κ3) is 3.16. The predicted octanol–water partition coefficient (Wildman–Crippen LogP) is 3.88. The number of rotatable bonds is 4. The van der Waals surface area contributed by atoms with E-state index in [4.69, 9.17) is 0 Å². The number of para-hydroxylation sites is 1. The normalized spacial score (nSPS) is 12.6. The number of benzene rings is 1. The maximum Gasteiger partial charge on any atom is 0.336 e. The molecule has 0 saturated heterocycles. The Kier molecular flexibility index (Phi) is 3.94. The lowest BCUT2D eigenvalue weighted by Gasteiger charge is -2.29. The molecule has 0 bridgehead atoms. The molecule has 5 heteroatoms. The maximum atomic E-state index is 12.4. The molecule has 0 aliphatic carbocycles. The monoisotopic (exact) mass is 305 g/mol. The number of carbonyl (C=O) groups is 1. The summed E-state index contributed by atoms with van der Waals surface area (Å²) in [6.07, 6.45) is 0.488. The zero-order chi connectivity index (χ0) is 15.8. The summed E-state index contributed by atoms with van der Waals surface area (Å²) in [5.74, 6) is -0.969. The number of aromatic nitrogens is 1. The lowest BCUT2D eigenvalue weighted by atomic mass is 10.0. The Morgan fingerprint density at radius 2 is 1.90 bits per heavy atom. The summed E-state index contributed by atoms with van der Waals surface area (Å²) in [7, 11) is -2.32. The van der Waals surface area contributed by atoms with Gasteiger partial charge in [-0.25, -0.2) is 4.79 Å². The van der Waals surface area contributed by atoms with E-state index in [2.05, 4.69) is 4.98 Å². The zero-order valence-corrected chi connectivity index (χ0v) is 13.6. The molecule has 2 aromatic rings.